The van der Waals surface area contributed by atoms with Crippen LogP contribution in [0.4, 0.5) is 0 Å². The summed E-state index contributed by atoms with van der Waals surface area (Å²) in [4.78, 5) is 0. The van der Waals surface area contributed by atoms with Gasteiger partial charge in [0.1, 0.15) is 16.5 Å². The van der Waals surface area contributed by atoms with E-state index in [0.717, 1.165) is 0 Å². The van der Waals surface area contributed by atoms with Gasteiger partial charge in [-0.1, -0.05) is 47.5 Å². The van der Waals surface area contributed by atoms with Crippen molar-refractivity contribution in [1.29, 1.82) is 0 Å². The van der Waals surface area contributed by atoms with Crippen molar-refractivity contribution in [2.75, 3.05) is 0 Å². The number of halogens is 2. The Balaban J connectivity index is 2.37. The van der Waals surface area contributed by atoms with Crippen molar-refractivity contribution in [3.63, 3.8) is 0 Å². The molecule has 4 heteroatoms. The van der Waals surface area contributed by atoms with E-state index < -0.39 is 6.10 Å². The van der Waals surface area contributed by atoms with Gasteiger partial charge in [0.15, 0.2) is 0 Å². The van der Waals surface area contributed by atoms with Gasteiger partial charge in [0, 0.05) is 5.56 Å². The molecule has 2 nitrogen and oxygen atoms in total. The fourth-order valence-corrected chi connectivity index (χ4v) is 1.93. The fraction of sp³-hybridized carbons (Fsp3) is 0.143. The summed E-state index contributed by atoms with van der Waals surface area (Å²) in [5.41, 5.74) is 0.702. The maximum Gasteiger partial charge on any atom is 0.147 e. The molecule has 0 unspecified atom stereocenters. The van der Waals surface area contributed by atoms with E-state index in [1.165, 1.54) is 0 Å². The lowest BCUT2D eigenvalue weighted by Crippen LogP contribution is -1.96. The van der Waals surface area contributed by atoms with Crippen molar-refractivity contribution in [3.05, 3.63) is 58.1 Å². The van der Waals surface area contributed by atoms with Gasteiger partial charge in [-0.3, -0.25) is 0 Å². The zero-order chi connectivity index (χ0) is 13.1. The number of benzene rings is 2. The third-order valence-electron chi connectivity index (χ3n) is 2.51. The Morgan fingerprint density at radius 1 is 1.00 bits per heavy atom. The summed E-state index contributed by atoms with van der Waals surface area (Å²) in [6, 6.07) is 12.4. The summed E-state index contributed by atoms with van der Waals surface area (Å²) >= 11 is 12.0. The lowest BCUT2D eigenvalue weighted by atomic mass is 10.1. The van der Waals surface area contributed by atoms with Gasteiger partial charge < -0.3 is 9.84 Å². The van der Waals surface area contributed by atoms with Crippen LogP contribution in [0.5, 0.6) is 11.5 Å². The molecule has 0 saturated carbocycles. The molecule has 0 radical (unpaired) electrons. The third-order valence-corrected chi connectivity index (χ3v) is 3.31. The Morgan fingerprint density at radius 3 is 2.39 bits per heavy atom. The number of rotatable bonds is 3. The maximum atomic E-state index is 9.67. The molecule has 1 atom stereocenters. The van der Waals surface area contributed by atoms with Crippen molar-refractivity contribution < 1.29 is 9.84 Å². The molecule has 2 aromatic carbocycles. The Bertz CT molecular complexity index is 553. The summed E-state index contributed by atoms with van der Waals surface area (Å²) in [5.74, 6) is 1.04. The molecule has 94 valence electrons. The molecule has 0 aliphatic carbocycles. The second kappa shape index (κ2) is 5.61. The number of hydrogen-bond acceptors (Lipinski definition) is 2. The lowest BCUT2D eigenvalue weighted by molar-refractivity contribution is 0.195. The van der Waals surface area contributed by atoms with Gasteiger partial charge in [-0.25, -0.2) is 0 Å². The Labute approximate surface area is 116 Å². The van der Waals surface area contributed by atoms with E-state index in [1.807, 2.05) is 12.1 Å². The first-order valence-corrected chi connectivity index (χ1v) is 6.24. The highest BCUT2D eigenvalue weighted by Gasteiger charge is 2.11. The molecule has 0 amide bonds. The molecular formula is C14H12Cl2O2. The maximum absolute atomic E-state index is 9.67. The zero-order valence-electron chi connectivity index (χ0n) is 9.73. The quantitative estimate of drug-likeness (QED) is 0.873. The molecule has 0 saturated heterocycles. The second-order valence-electron chi connectivity index (χ2n) is 3.87. The minimum absolute atomic E-state index is 0.361. The Morgan fingerprint density at radius 2 is 1.67 bits per heavy atom. The van der Waals surface area contributed by atoms with Crippen LogP contribution in [0.2, 0.25) is 10.0 Å². The summed E-state index contributed by atoms with van der Waals surface area (Å²) in [6.45, 7) is 1.68. The number of aliphatic hydroxyl groups excluding tert-OH is 1. The van der Waals surface area contributed by atoms with Crippen molar-refractivity contribution in [1.82, 2.24) is 0 Å². The lowest BCUT2D eigenvalue weighted by Gasteiger charge is -2.14. The first kappa shape index (κ1) is 13.2. The van der Waals surface area contributed by atoms with Crippen LogP contribution in [0, 0.1) is 0 Å². The van der Waals surface area contributed by atoms with Crippen LogP contribution >= 0.6 is 23.2 Å². The molecule has 0 aliphatic rings. The topological polar surface area (TPSA) is 29.5 Å². The predicted octanol–water partition coefficient (Wildman–Crippen LogP) is 4.84. The van der Waals surface area contributed by atoms with Gasteiger partial charge in [0.2, 0.25) is 0 Å². The fourth-order valence-electron chi connectivity index (χ4n) is 1.60. The highest BCUT2D eigenvalue weighted by molar-refractivity contribution is 6.42. The minimum Gasteiger partial charge on any atom is -0.455 e. The van der Waals surface area contributed by atoms with Gasteiger partial charge in [0.05, 0.1) is 11.1 Å². The summed E-state index contributed by atoms with van der Waals surface area (Å²) in [5, 5.41) is 10.5. The summed E-state index contributed by atoms with van der Waals surface area (Å²) in [6.07, 6.45) is -0.612. The molecule has 0 aromatic heterocycles. The van der Waals surface area contributed by atoms with Gasteiger partial charge in [-0.2, -0.15) is 0 Å². The summed E-state index contributed by atoms with van der Waals surface area (Å²) in [7, 11) is 0. The van der Waals surface area contributed by atoms with Crippen molar-refractivity contribution in [3.8, 4) is 11.5 Å². The molecule has 2 aromatic rings. The van der Waals surface area contributed by atoms with E-state index in [2.05, 4.69) is 0 Å². The van der Waals surface area contributed by atoms with Gasteiger partial charge in [0.25, 0.3) is 0 Å². The molecule has 0 spiro atoms. The van der Waals surface area contributed by atoms with E-state index in [9.17, 15) is 5.11 Å². The largest absolute Gasteiger partial charge is 0.455 e. The molecule has 18 heavy (non-hydrogen) atoms. The van der Waals surface area contributed by atoms with Crippen LogP contribution in [-0.4, -0.2) is 5.11 Å². The molecular weight excluding hydrogens is 271 g/mol. The molecule has 1 N–H and O–H groups in total. The van der Waals surface area contributed by atoms with Gasteiger partial charge >= 0.3 is 0 Å². The van der Waals surface area contributed by atoms with Gasteiger partial charge in [-0.15, -0.1) is 0 Å². The van der Waals surface area contributed by atoms with Gasteiger partial charge in [-0.05, 0) is 25.1 Å². The minimum atomic E-state index is -0.612. The van der Waals surface area contributed by atoms with Crippen LogP contribution < -0.4 is 4.74 Å². The normalized spacial score (nSPS) is 12.2. The predicted molar refractivity (Wildman–Crippen MR) is 73.6 cm³/mol. The van der Waals surface area contributed by atoms with E-state index >= 15 is 0 Å². The SMILES string of the molecule is C[C@@H](O)c1ccccc1Oc1cccc(Cl)c1Cl. The summed E-state index contributed by atoms with van der Waals surface area (Å²) < 4.78 is 5.71. The standard InChI is InChI=1S/C14H12Cl2O2/c1-9(17)10-5-2-3-7-12(10)18-13-8-4-6-11(15)14(13)16/h2-9,17H,1H3/t9-/m1/s1. The highest BCUT2D eigenvalue weighted by atomic mass is 35.5. The van der Waals surface area contributed by atoms with E-state index in [1.54, 1.807) is 37.3 Å². The smallest absolute Gasteiger partial charge is 0.147 e. The van der Waals surface area contributed by atoms with E-state index in [-0.39, 0.29) is 0 Å². The monoisotopic (exact) mass is 282 g/mol. The number of ether oxygens (including phenoxy) is 1. The van der Waals surface area contributed by atoms with Crippen LogP contribution in [0.1, 0.15) is 18.6 Å². The second-order valence-corrected chi connectivity index (χ2v) is 4.65. The van der Waals surface area contributed by atoms with E-state index in [0.29, 0.717) is 27.1 Å². The number of aliphatic hydroxyl groups is 1. The average Bonchev–Trinajstić information content (AvgIpc) is 2.35. The number of para-hydroxylation sites is 1. The van der Waals surface area contributed by atoms with Crippen LogP contribution in [0.3, 0.4) is 0 Å². The molecule has 0 fully saturated rings. The van der Waals surface area contributed by atoms with Crippen molar-refractivity contribution in [2.24, 2.45) is 0 Å². The van der Waals surface area contributed by atoms with E-state index in [4.69, 9.17) is 27.9 Å². The molecule has 0 aliphatic heterocycles. The van der Waals surface area contributed by atoms with Crippen molar-refractivity contribution >= 4 is 23.2 Å². The number of hydrogen-bond donors (Lipinski definition) is 1. The Hall–Kier alpha value is -1.22. The molecule has 0 heterocycles. The van der Waals surface area contributed by atoms with Crippen LogP contribution in [-0.2, 0) is 0 Å². The molecule has 2 rings (SSSR count). The Kier molecular flexibility index (Phi) is 4.12. The third kappa shape index (κ3) is 2.78. The zero-order valence-corrected chi connectivity index (χ0v) is 11.2. The highest BCUT2D eigenvalue weighted by Crippen LogP contribution is 2.36. The van der Waals surface area contributed by atoms with Crippen molar-refractivity contribution in [2.45, 2.75) is 13.0 Å². The molecule has 0 bridgehead atoms. The van der Waals surface area contributed by atoms with Crippen LogP contribution in [0.15, 0.2) is 42.5 Å². The first-order chi connectivity index (χ1) is 8.59. The first-order valence-electron chi connectivity index (χ1n) is 5.48. The van der Waals surface area contributed by atoms with Crippen LogP contribution in [0.25, 0.3) is 0 Å². The average molecular weight is 283 g/mol.